The van der Waals surface area contributed by atoms with Crippen molar-refractivity contribution in [2.24, 2.45) is 5.41 Å². The number of hydrazine groups is 1. The molecule has 0 bridgehead atoms. The molecule has 1 aliphatic heterocycles. The minimum Gasteiger partial charge on any atom is -0.326 e. The summed E-state index contributed by atoms with van der Waals surface area (Å²) in [7, 11) is 0. The number of nitrogens with zero attached hydrogens (tertiary/aromatic N) is 1. The molecule has 210 valence electrons. The molecule has 3 aromatic carbocycles. The van der Waals surface area contributed by atoms with Crippen LogP contribution in [0.15, 0.2) is 78.9 Å². The van der Waals surface area contributed by atoms with Gasteiger partial charge < -0.3 is 10.6 Å². The fraction of sp³-hybridized carbons (Fsp3) is 0.344. The number of carbonyl (C=O) groups excluding carboxylic acids is 3. The van der Waals surface area contributed by atoms with E-state index in [1.54, 1.807) is 12.1 Å². The van der Waals surface area contributed by atoms with Gasteiger partial charge >= 0.3 is 6.03 Å². The van der Waals surface area contributed by atoms with Crippen molar-refractivity contribution in [3.8, 4) is 0 Å². The van der Waals surface area contributed by atoms with E-state index >= 15 is 0 Å². The molecular weight excluding hydrogens is 524 g/mol. The largest absolute Gasteiger partial charge is 0.326 e. The maximum atomic E-state index is 14.1. The molecule has 0 aromatic heterocycles. The summed E-state index contributed by atoms with van der Waals surface area (Å²) in [5.41, 5.74) is 6.23. The van der Waals surface area contributed by atoms with E-state index in [9.17, 15) is 14.4 Å². The third-order valence-electron chi connectivity index (χ3n) is 6.95. The summed E-state index contributed by atoms with van der Waals surface area (Å²) in [4.78, 5) is 40.4. The number of rotatable bonds is 6. The summed E-state index contributed by atoms with van der Waals surface area (Å²) >= 11 is 6.18. The molecule has 3 unspecified atom stereocenters. The van der Waals surface area contributed by atoms with Crippen LogP contribution in [0.4, 0.5) is 10.5 Å². The number of amides is 4. The Balaban J connectivity index is 1.69. The number of hydrogen-bond donors (Lipinski definition) is 3. The maximum absolute atomic E-state index is 14.1. The van der Waals surface area contributed by atoms with Crippen LogP contribution in [-0.2, 0) is 9.59 Å². The van der Waals surface area contributed by atoms with Crippen LogP contribution < -0.4 is 16.1 Å². The van der Waals surface area contributed by atoms with Gasteiger partial charge in [-0.05, 0) is 66.5 Å². The van der Waals surface area contributed by atoms with Gasteiger partial charge in [-0.1, -0.05) is 92.5 Å². The number of carbonyl (C=O) groups is 3. The standard InChI is InChI=1S/C32H37ClN4O3/c1-21-10-16-26(17-11-21)34-31(40)35-27-18-24(22-8-6-5-7-9-22)19-28(23-12-14-25(33)15-13-23)37(30(27)39)36-29(38)20-32(2,3)4/h5-17,24,27-28H,18-20H2,1-4H3,(H,36,38)(H2,34,35,40). The van der Waals surface area contributed by atoms with Gasteiger partial charge in [0.05, 0.1) is 6.04 Å². The lowest BCUT2D eigenvalue weighted by Crippen LogP contribution is -2.55. The molecule has 0 saturated carbocycles. The summed E-state index contributed by atoms with van der Waals surface area (Å²) < 4.78 is 0. The van der Waals surface area contributed by atoms with Crippen LogP contribution in [0.1, 0.15) is 68.7 Å². The Morgan fingerprint density at radius 2 is 1.55 bits per heavy atom. The number of benzene rings is 3. The van der Waals surface area contributed by atoms with E-state index in [0.717, 1.165) is 16.7 Å². The zero-order valence-corrected chi connectivity index (χ0v) is 24.2. The first kappa shape index (κ1) is 29.2. The molecule has 3 aromatic rings. The van der Waals surface area contributed by atoms with E-state index in [-0.39, 0.29) is 29.6 Å². The zero-order chi connectivity index (χ0) is 28.9. The molecular formula is C32H37ClN4O3. The van der Waals surface area contributed by atoms with E-state index in [1.807, 2.05) is 94.4 Å². The average molecular weight is 561 g/mol. The van der Waals surface area contributed by atoms with Crippen molar-refractivity contribution in [1.82, 2.24) is 15.8 Å². The lowest BCUT2D eigenvalue weighted by molar-refractivity contribution is -0.146. The molecule has 1 heterocycles. The number of anilines is 1. The minimum atomic E-state index is -0.872. The highest BCUT2D eigenvalue weighted by Gasteiger charge is 2.40. The Hall–Kier alpha value is -3.84. The molecule has 8 heteroatoms. The van der Waals surface area contributed by atoms with E-state index in [4.69, 9.17) is 11.6 Å². The van der Waals surface area contributed by atoms with Gasteiger partial charge in [-0.25, -0.2) is 9.80 Å². The summed E-state index contributed by atoms with van der Waals surface area (Å²) in [5.74, 6) is -0.708. The molecule has 40 heavy (non-hydrogen) atoms. The molecule has 1 fully saturated rings. The predicted octanol–water partition coefficient (Wildman–Crippen LogP) is 6.75. The fourth-order valence-corrected chi connectivity index (χ4v) is 5.14. The number of nitrogens with one attached hydrogen (secondary N) is 3. The molecule has 0 spiro atoms. The van der Waals surface area contributed by atoms with Gasteiger partial charge in [0.25, 0.3) is 5.91 Å². The lowest BCUT2D eigenvalue weighted by Gasteiger charge is -2.33. The SMILES string of the molecule is Cc1ccc(NC(=O)NC2CC(c3ccccc3)CC(c3ccc(Cl)cc3)N(NC(=O)CC(C)(C)C)C2=O)cc1. The number of halogens is 1. The Bertz CT molecular complexity index is 1320. The van der Waals surface area contributed by atoms with Crippen molar-refractivity contribution in [1.29, 1.82) is 0 Å². The maximum Gasteiger partial charge on any atom is 0.319 e. The molecule has 7 nitrogen and oxygen atoms in total. The monoisotopic (exact) mass is 560 g/mol. The highest BCUT2D eigenvalue weighted by Crippen LogP contribution is 2.39. The van der Waals surface area contributed by atoms with Gasteiger partial charge in [-0.3, -0.25) is 15.0 Å². The molecule has 3 atom stereocenters. The Kier molecular flexibility index (Phi) is 9.15. The van der Waals surface area contributed by atoms with Crippen LogP contribution in [-0.4, -0.2) is 28.9 Å². The Morgan fingerprint density at radius 1 is 0.900 bits per heavy atom. The summed E-state index contributed by atoms with van der Waals surface area (Å²) in [6, 6.07) is 22.9. The first-order valence-corrected chi connectivity index (χ1v) is 13.9. The molecule has 3 N–H and O–H groups in total. The van der Waals surface area contributed by atoms with E-state index in [2.05, 4.69) is 16.1 Å². The average Bonchev–Trinajstić information content (AvgIpc) is 3.02. The van der Waals surface area contributed by atoms with E-state index in [1.165, 1.54) is 5.01 Å². The van der Waals surface area contributed by atoms with Gasteiger partial charge in [0.1, 0.15) is 6.04 Å². The summed E-state index contributed by atoms with van der Waals surface area (Å²) in [6.45, 7) is 7.88. The highest BCUT2D eigenvalue weighted by molar-refractivity contribution is 6.30. The highest BCUT2D eigenvalue weighted by atomic mass is 35.5. The van der Waals surface area contributed by atoms with Crippen LogP contribution >= 0.6 is 11.6 Å². The zero-order valence-electron chi connectivity index (χ0n) is 23.4. The van der Waals surface area contributed by atoms with Crippen molar-refractivity contribution in [3.05, 3.63) is 101 Å². The molecule has 0 radical (unpaired) electrons. The number of aryl methyl sites for hydroxylation is 1. The van der Waals surface area contributed by atoms with Gasteiger partial charge in [0, 0.05) is 17.1 Å². The second kappa shape index (κ2) is 12.6. The fourth-order valence-electron chi connectivity index (χ4n) is 5.02. The second-order valence-electron chi connectivity index (χ2n) is 11.6. The van der Waals surface area contributed by atoms with Gasteiger partial charge in [0.15, 0.2) is 0 Å². The number of hydrogen-bond acceptors (Lipinski definition) is 3. The Labute approximate surface area is 241 Å². The number of urea groups is 1. The molecule has 1 saturated heterocycles. The first-order chi connectivity index (χ1) is 19.0. The van der Waals surface area contributed by atoms with Gasteiger partial charge in [-0.2, -0.15) is 0 Å². The minimum absolute atomic E-state index is 0.0694. The molecule has 0 aliphatic carbocycles. The lowest BCUT2D eigenvalue weighted by atomic mass is 9.86. The van der Waals surface area contributed by atoms with E-state index in [0.29, 0.717) is 23.6 Å². The molecule has 4 amide bonds. The van der Waals surface area contributed by atoms with Gasteiger partial charge in [-0.15, -0.1) is 0 Å². The normalized spacial score (nSPS) is 19.5. The van der Waals surface area contributed by atoms with Crippen LogP contribution in [0.2, 0.25) is 5.02 Å². The summed E-state index contributed by atoms with van der Waals surface area (Å²) in [6.07, 6.45) is 1.16. The van der Waals surface area contributed by atoms with Crippen LogP contribution in [0.5, 0.6) is 0 Å². The van der Waals surface area contributed by atoms with Crippen LogP contribution in [0.3, 0.4) is 0 Å². The third kappa shape index (κ3) is 7.85. The second-order valence-corrected chi connectivity index (χ2v) is 12.1. The van der Waals surface area contributed by atoms with Crippen molar-refractivity contribution < 1.29 is 14.4 Å². The third-order valence-corrected chi connectivity index (χ3v) is 7.20. The molecule has 1 aliphatic rings. The van der Waals surface area contributed by atoms with Crippen molar-refractivity contribution in [2.45, 2.75) is 65.0 Å². The quantitative estimate of drug-likeness (QED) is 0.311. The van der Waals surface area contributed by atoms with Gasteiger partial charge in [0.2, 0.25) is 5.91 Å². The summed E-state index contributed by atoms with van der Waals surface area (Å²) in [5, 5.41) is 7.71. The predicted molar refractivity (Wildman–Crippen MR) is 159 cm³/mol. The van der Waals surface area contributed by atoms with Crippen molar-refractivity contribution >= 4 is 35.1 Å². The Morgan fingerprint density at radius 3 is 2.17 bits per heavy atom. The van der Waals surface area contributed by atoms with Crippen molar-refractivity contribution in [3.63, 3.8) is 0 Å². The molecule has 4 rings (SSSR count). The topological polar surface area (TPSA) is 90.5 Å². The smallest absolute Gasteiger partial charge is 0.319 e. The van der Waals surface area contributed by atoms with E-state index < -0.39 is 18.1 Å². The van der Waals surface area contributed by atoms with Crippen LogP contribution in [0.25, 0.3) is 0 Å². The first-order valence-electron chi connectivity index (χ1n) is 13.6. The van der Waals surface area contributed by atoms with Crippen molar-refractivity contribution in [2.75, 3.05) is 5.32 Å². The van der Waals surface area contributed by atoms with Crippen LogP contribution in [0, 0.1) is 12.3 Å².